The van der Waals surface area contributed by atoms with Gasteiger partial charge in [-0.3, -0.25) is 0 Å². The highest BCUT2D eigenvalue weighted by Gasteiger charge is 2.29. The van der Waals surface area contributed by atoms with Crippen molar-refractivity contribution in [2.24, 2.45) is 0 Å². The third-order valence-corrected chi connectivity index (χ3v) is 9.74. The van der Waals surface area contributed by atoms with Gasteiger partial charge in [0.15, 0.2) is 0 Å². The SMILES string of the molecule is CC1=Cc2c(-c3ccc(C(C)(C)C)cc3)cccc2C1CCC1C(C)=Cc2c(-c3ccc(C(C)(C)C)cc3)cccc21. The van der Waals surface area contributed by atoms with Crippen molar-refractivity contribution in [3.8, 4) is 22.3 Å². The average molecular weight is 551 g/mol. The third kappa shape index (κ3) is 5.22. The van der Waals surface area contributed by atoms with E-state index >= 15 is 0 Å². The maximum Gasteiger partial charge on any atom is 0.00552 e. The van der Waals surface area contributed by atoms with Crippen LogP contribution >= 0.6 is 0 Å². The van der Waals surface area contributed by atoms with E-state index in [-0.39, 0.29) is 10.8 Å². The maximum atomic E-state index is 2.46. The molecule has 0 N–H and O–H groups in total. The molecule has 2 unspecified atom stereocenters. The Kier molecular flexibility index (Phi) is 7.17. The Balaban J connectivity index is 1.24. The van der Waals surface area contributed by atoms with Gasteiger partial charge in [-0.1, -0.05) is 150 Å². The van der Waals surface area contributed by atoms with Crippen LogP contribution in [0.3, 0.4) is 0 Å². The predicted molar refractivity (Wildman–Crippen MR) is 183 cm³/mol. The quantitative estimate of drug-likeness (QED) is 0.232. The van der Waals surface area contributed by atoms with Gasteiger partial charge in [-0.2, -0.15) is 0 Å². The average Bonchev–Trinajstić information content (AvgIpc) is 3.45. The molecule has 0 nitrogen and oxygen atoms in total. The highest BCUT2D eigenvalue weighted by atomic mass is 14.3. The minimum Gasteiger partial charge on any atom is -0.0652 e. The summed E-state index contributed by atoms with van der Waals surface area (Å²) >= 11 is 0. The van der Waals surface area contributed by atoms with Gasteiger partial charge in [-0.15, -0.1) is 0 Å². The number of allylic oxidation sites excluding steroid dienone is 2. The second-order valence-corrected chi connectivity index (χ2v) is 14.7. The van der Waals surface area contributed by atoms with Gasteiger partial charge in [-0.25, -0.2) is 0 Å². The largest absolute Gasteiger partial charge is 0.0652 e. The molecule has 0 fully saturated rings. The Hall–Kier alpha value is -3.64. The van der Waals surface area contributed by atoms with E-state index < -0.39 is 0 Å². The lowest BCUT2D eigenvalue weighted by Gasteiger charge is -2.21. The number of hydrogen-bond acceptors (Lipinski definition) is 0. The fourth-order valence-corrected chi connectivity index (χ4v) is 7.15. The van der Waals surface area contributed by atoms with Crippen molar-refractivity contribution < 1.29 is 0 Å². The van der Waals surface area contributed by atoms with Crippen molar-refractivity contribution in [2.75, 3.05) is 0 Å². The van der Waals surface area contributed by atoms with Crippen LogP contribution in [0.4, 0.5) is 0 Å². The smallest absolute Gasteiger partial charge is 0.00552 e. The molecule has 0 aliphatic heterocycles. The van der Waals surface area contributed by atoms with E-state index in [0.29, 0.717) is 11.8 Å². The van der Waals surface area contributed by atoms with Crippen molar-refractivity contribution in [1.82, 2.24) is 0 Å². The molecule has 0 spiro atoms. The second kappa shape index (κ2) is 10.6. The summed E-state index contributed by atoms with van der Waals surface area (Å²) in [6.07, 6.45) is 7.25. The molecule has 0 heterocycles. The zero-order chi connectivity index (χ0) is 29.8. The molecule has 0 amide bonds. The van der Waals surface area contributed by atoms with Crippen molar-refractivity contribution in [3.05, 3.63) is 129 Å². The van der Waals surface area contributed by atoms with Gasteiger partial charge in [0.2, 0.25) is 0 Å². The molecule has 0 heteroatoms. The van der Waals surface area contributed by atoms with Crippen LogP contribution in [0.2, 0.25) is 0 Å². The molecule has 2 atom stereocenters. The summed E-state index contributed by atoms with van der Waals surface area (Å²) < 4.78 is 0. The summed E-state index contributed by atoms with van der Waals surface area (Å²) in [7, 11) is 0. The Bertz CT molecular complexity index is 1550. The van der Waals surface area contributed by atoms with Crippen LogP contribution in [0, 0.1) is 0 Å². The molecule has 42 heavy (non-hydrogen) atoms. The lowest BCUT2D eigenvalue weighted by Crippen LogP contribution is -2.10. The highest BCUT2D eigenvalue weighted by Crippen LogP contribution is 2.48. The van der Waals surface area contributed by atoms with Gasteiger partial charge in [-0.05, 0) is 93.2 Å². The fraction of sp³-hybridized carbons (Fsp3) is 0.333. The summed E-state index contributed by atoms with van der Waals surface area (Å²) in [5.74, 6) is 0.970. The zero-order valence-corrected chi connectivity index (χ0v) is 26.8. The van der Waals surface area contributed by atoms with E-state index in [4.69, 9.17) is 0 Å². The van der Waals surface area contributed by atoms with Gasteiger partial charge in [0, 0.05) is 11.8 Å². The predicted octanol–water partition coefficient (Wildman–Crippen LogP) is 12.1. The van der Waals surface area contributed by atoms with Gasteiger partial charge < -0.3 is 0 Å². The normalized spacial score (nSPS) is 18.0. The lowest BCUT2D eigenvalue weighted by atomic mass is 9.83. The van der Waals surface area contributed by atoms with E-state index in [2.05, 4.69) is 152 Å². The van der Waals surface area contributed by atoms with E-state index in [9.17, 15) is 0 Å². The monoisotopic (exact) mass is 550 g/mol. The minimum absolute atomic E-state index is 0.168. The molecular weight excluding hydrogens is 504 g/mol. The van der Waals surface area contributed by atoms with Gasteiger partial charge in [0.25, 0.3) is 0 Å². The van der Waals surface area contributed by atoms with E-state index in [1.54, 1.807) is 0 Å². The summed E-state index contributed by atoms with van der Waals surface area (Å²) in [6, 6.07) is 32.3. The number of benzene rings is 4. The molecule has 0 aromatic heterocycles. The van der Waals surface area contributed by atoms with Crippen molar-refractivity contribution >= 4 is 12.2 Å². The molecule has 214 valence electrons. The summed E-state index contributed by atoms with van der Waals surface area (Å²) in [6.45, 7) is 18.4. The molecule has 4 aromatic carbocycles. The molecule has 0 saturated heterocycles. The number of rotatable bonds is 5. The first-order valence-electron chi connectivity index (χ1n) is 15.8. The van der Waals surface area contributed by atoms with Crippen LogP contribution in [0.5, 0.6) is 0 Å². The number of hydrogen-bond donors (Lipinski definition) is 0. The zero-order valence-electron chi connectivity index (χ0n) is 26.8. The molecule has 6 rings (SSSR count). The van der Waals surface area contributed by atoms with Gasteiger partial charge in [0.05, 0.1) is 0 Å². The standard InChI is InChI=1S/C42H46/c1-27-25-39-35(29-15-19-31(20-16-29)41(3,4)5)11-9-13-37(39)33(27)23-24-34-28(2)26-40-36(12-10-14-38(34)40)30-17-21-32(22-18-30)42(6,7)8/h9-22,25-26,33-34H,23-24H2,1-8H3. The highest BCUT2D eigenvalue weighted by molar-refractivity contribution is 5.83. The summed E-state index contributed by atoms with van der Waals surface area (Å²) in [5, 5.41) is 0. The molecular formula is C42H46. The van der Waals surface area contributed by atoms with Crippen molar-refractivity contribution in [1.29, 1.82) is 0 Å². The van der Waals surface area contributed by atoms with Crippen LogP contribution in [-0.2, 0) is 10.8 Å². The fourth-order valence-electron chi connectivity index (χ4n) is 7.15. The van der Waals surface area contributed by atoms with Crippen LogP contribution in [0.1, 0.15) is 113 Å². The minimum atomic E-state index is 0.168. The third-order valence-electron chi connectivity index (χ3n) is 9.74. The van der Waals surface area contributed by atoms with Crippen molar-refractivity contribution in [2.45, 2.75) is 90.9 Å². The lowest BCUT2D eigenvalue weighted by molar-refractivity contribution is 0.590. The first-order valence-corrected chi connectivity index (χ1v) is 15.8. The van der Waals surface area contributed by atoms with E-state index in [0.717, 1.165) is 0 Å². The van der Waals surface area contributed by atoms with Crippen LogP contribution in [0.15, 0.2) is 96.1 Å². The molecule has 0 radical (unpaired) electrons. The second-order valence-electron chi connectivity index (χ2n) is 14.7. The Morgan fingerprint density at radius 2 is 0.833 bits per heavy atom. The van der Waals surface area contributed by atoms with E-state index in [1.165, 1.54) is 79.6 Å². The molecule has 0 bridgehead atoms. The molecule has 2 aliphatic rings. The molecule has 2 aliphatic carbocycles. The van der Waals surface area contributed by atoms with Crippen LogP contribution < -0.4 is 0 Å². The Morgan fingerprint density at radius 3 is 1.17 bits per heavy atom. The van der Waals surface area contributed by atoms with Gasteiger partial charge in [0.1, 0.15) is 0 Å². The first-order chi connectivity index (χ1) is 19.9. The summed E-state index contributed by atoms with van der Waals surface area (Å²) in [4.78, 5) is 0. The van der Waals surface area contributed by atoms with Crippen LogP contribution in [-0.4, -0.2) is 0 Å². The van der Waals surface area contributed by atoms with E-state index in [1.807, 2.05) is 0 Å². The number of fused-ring (bicyclic) bond motifs is 2. The summed E-state index contributed by atoms with van der Waals surface area (Å²) in [5.41, 5.74) is 17.3. The van der Waals surface area contributed by atoms with Crippen LogP contribution in [0.25, 0.3) is 34.4 Å². The molecule has 0 saturated carbocycles. The van der Waals surface area contributed by atoms with Crippen molar-refractivity contribution in [3.63, 3.8) is 0 Å². The maximum absolute atomic E-state index is 2.46. The Morgan fingerprint density at radius 1 is 0.476 bits per heavy atom. The first kappa shape index (κ1) is 28.5. The van der Waals surface area contributed by atoms with Gasteiger partial charge >= 0.3 is 0 Å². The Labute approximate surface area is 254 Å². The molecule has 4 aromatic rings. The topological polar surface area (TPSA) is 0 Å².